The smallest absolute Gasteiger partial charge is 0.134 e. The summed E-state index contributed by atoms with van der Waals surface area (Å²) in [6, 6.07) is 8.13. The van der Waals surface area contributed by atoms with Gasteiger partial charge in [0, 0.05) is 6.54 Å². The van der Waals surface area contributed by atoms with Crippen LogP contribution in [0.5, 0.6) is 5.75 Å². The van der Waals surface area contributed by atoms with E-state index in [9.17, 15) is 0 Å². The zero-order valence-electron chi connectivity index (χ0n) is 7.94. The molecule has 0 saturated carbocycles. The second-order valence-corrected chi connectivity index (χ2v) is 3.54. The standard InChI is InChI=1S/C11H12N2O/c1-2-4-10-9(3-1)11-12-5-6-13(11)7-8-14-10/h1-4H,5-8H2. The Bertz CT molecular complexity index is 387. The van der Waals surface area contributed by atoms with Crippen molar-refractivity contribution in [2.24, 2.45) is 4.99 Å². The number of ether oxygens (including phenoxy) is 1. The summed E-state index contributed by atoms with van der Waals surface area (Å²) >= 11 is 0. The molecule has 1 aromatic carbocycles. The molecule has 1 aromatic rings. The zero-order chi connectivity index (χ0) is 9.38. The number of amidine groups is 1. The second-order valence-electron chi connectivity index (χ2n) is 3.54. The fourth-order valence-corrected chi connectivity index (χ4v) is 2.00. The summed E-state index contributed by atoms with van der Waals surface area (Å²) in [4.78, 5) is 6.82. The molecular weight excluding hydrogens is 176 g/mol. The van der Waals surface area contributed by atoms with Crippen LogP contribution in [0.1, 0.15) is 5.56 Å². The highest BCUT2D eigenvalue weighted by Gasteiger charge is 2.23. The summed E-state index contributed by atoms with van der Waals surface area (Å²) in [5.74, 6) is 2.08. The van der Waals surface area contributed by atoms with Crippen molar-refractivity contribution in [1.82, 2.24) is 4.90 Å². The Morgan fingerprint density at radius 1 is 1.21 bits per heavy atom. The molecule has 0 spiro atoms. The molecule has 0 unspecified atom stereocenters. The Morgan fingerprint density at radius 3 is 3.14 bits per heavy atom. The lowest BCUT2D eigenvalue weighted by Crippen LogP contribution is -2.29. The van der Waals surface area contributed by atoms with Crippen LogP contribution < -0.4 is 4.74 Å². The van der Waals surface area contributed by atoms with E-state index in [0.717, 1.165) is 43.4 Å². The molecular formula is C11H12N2O. The molecule has 0 amide bonds. The molecule has 0 bridgehead atoms. The Labute approximate surface area is 83.0 Å². The van der Waals surface area contributed by atoms with Crippen molar-refractivity contribution in [3.8, 4) is 5.75 Å². The highest BCUT2D eigenvalue weighted by Crippen LogP contribution is 2.24. The second kappa shape index (κ2) is 3.01. The summed E-state index contributed by atoms with van der Waals surface area (Å²) in [6.45, 7) is 3.67. The van der Waals surface area contributed by atoms with Gasteiger partial charge in [0.25, 0.3) is 0 Å². The van der Waals surface area contributed by atoms with Crippen LogP contribution in [-0.4, -0.2) is 37.0 Å². The van der Waals surface area contributed by atoms with Gasteiger partial charge in [-0.15, -0.1) is 0 Å². The fourth-order valence-electron chi connectivity index (χ4n) is 2.00. The van der Waals surface area contributed by atoms with Crippen LogP contribution in [0.15, 0.2) is 29.3 Å². The van der Waals surface area contributed by atoms with E-state index in [4.69, 9.17) is 4.74 Å². The number of rotatable bonds is 0. The summed E-state index contributed by atoms with van der Waals surface area (Å²) in [5, 5.41) is 0. The van der Waals surface area contributed by atoms with Crippen LogP contribution >= 0.6 is 0 Å². The maximum atomic E-state index is 5.66. The molecule has 3 heteroatoms. The van der Waals surface area contributed by atoms with Crippen LogP contribution in [0.3, 0.4) is 0 Å². The fraction of sp³-hybridized carbons (Fsp3) is 0.364. The average Bonchev–Trinajstić information content (AvgIpc) is 2.61. The molecule has 2 aliphatic rings. The van der Waals surface area contributed by atoms with E-state index in [1.54, 1.807) is 0 Å². The van der Waals surface area contributed by atoms with Gasteiger partial charge in [-0.1, -0.05) is 12.1 Å². The minimum Gasteiger partial charge on any atom is -0.491 e. The first kappa shape index (κ1) is 7.85. The third kappa shape index (κ3) is 1.09. The van der Waals surface area contributed by atoms with Crippen molar-refractivity contribution in [2.45, 2.75) is 0 Å². The number of hydrogen-bond donors (Lipinski definition) is 0. The first-order chi connectivity index (χ1) is 6.95. The summed E-state index contributed by atoms with van der Waals surface area (Å²) in [7, 11) is 0. The topological polar surface area (TPSA) is 24.8 Å². The van der Waals surface area contributed by atoms with Crippen molar-refractivity contribution < 1.29 is 4.74 Å². The number of fused-ring (bicyclic) bond motifs is 3. The number of para-hydroxylation sites is 1. The van der Waals surface area contributed by atoms with Crippen molar-refractivity contribution in [3.05, 3.63) is 29.8 Å². The van der Waals surface area contributed by atoms with Crippen molar-refractivity contribution in [2.75, 3.05) is 26.2 Å². The minimum atomic E-state index is 0.760. The lowest BCUT2D eigenvalue weighted by Gasteiger charge is -2.15. The first-order valence-electron chi connectivity index (χ1n) is 4.97. The predicted octanol–water partition coefficient (Wildman–Crippen LogP) is 1.14. The molecule has 0 radical (unpaired) electrons. The Hall–Kier alpha value is -1.51. The summed E-state index contributed by atoms with van der Waals surface area (Å²) in [5.41, 5.74) is 1.14. The highest BCUT2D eigenvalue weighted by atomic mass is 16.5. The minimum absolute atomic E-state index is 0.760. The third-order valence-corrected chi connectivity index (χ3v) is 2.68. The van der Waals surface area contributed by atoms with E-state index < -0.39 is 0 Å². The Kier molecular flexibility index (Phi) is 1.69. The quantitative estimate of drug-likeness (QED) is 0.610. The SMILES string of the molecule is c1ccc2c(c1)OCCN1CCN=C21. The van der Waals surface area contributed by atoms with Gasteiger partial charge in [0.1, 0.15) is 18.2 Å². The maximum Gasteiger partial charge on any atom is 0.134 e. The lowest BCUT2D eigenvalue weighted by molar-refractivity contribution is 0.286. The van der Waals surface area contributed by atoms with Gasteiger partial charge in [-0.2, -0.15) is 0 Å². The molecule has 0 N–H and O–H groups in total. The van der Waals surface area contributed by atoms with Crippen LogP contribution in [-0.2, 0) is 0 Å². The summed E-state index contributed by atoms with van der Waals surface area (Å²) < 4.78 is 5.66. The molecule has 14 heavy (non-hydrogen) atoms. The van der Waals surface area contributed by atoms with Crippen LogP contribution in [0, 0.1) is 0 Å². The van der Waals surface area contributed by atoms with Gasteiger partial charge in [-0.25, -0.2) is 0 Å². The monoisotopic (exact) mass is 188 g/mol. The van der Waals surface area contributed by atoms with Crippen molar-refractivity contribution >= 4 is 5.84 Å². The van der Waals surface area contributed by atoms with Crippen LogP contribution in [0.2, 0.25) is 0 Å². The maximum absolute atomic E-state index is 5.66. The Morgan fingerprint density at radius 2 is 2.14 bits per heavy atom. The highest BCUT2D eigenvalue weighted by molar-refractivity contribution is 6.02. The van der Waals surface area contributed by atoms with Crippen LogP contribution in [0.25, 0.3) is 0 Å². The summed E-state index contributed by atoms with van der Waals surface area (Å²) in [6.07, 6.45) is 0. The van der Waals surface area contributed by atoms with Gasteiger partial charge in [0.05, 0.1) is 18.7 Å². The van der Waals surface area contributed by atoms with Gasteiger partial charge < -0.3 is 9.64 Å². The first-order valence-corrected chi connectivity index (χ1v) is 4.97. The normalized spacial score (nSPS) is 19.1. The van der Waals surface area contributed by atoms with E-state index in [0.29, 0.717) is 0 Å². The van der Waals surface area contributed by atoms with E-state index in [1.165, 1.54) is 0 Å². The molecule has 0 aromatic heterocycles. The predicted molar refractivity (Wildman–Crippen MR) is 54.9 cm³/mol. The van der Waals surface area contributed by atoms with E-state index in [-0.39, 0.29) is 0 Å². The van der Waals surface area contributed by atoms with Gasteiger partial charge in [0.2, 0.25) is 0 Å². The average molecular weight is 188 g/mol. The molecule has 3 nitrogen and oxygen atoms in total. The van der Waals surface area contributed by atoms with Gasteiger partial charge in [0.15, 0.2) is 0 Å². The third-order valence-electron chi connectivity index (χ3n) is 2.68. The lowest BCUT2D eigenvalue weighted by atomic mass is 10.2. The van der Waals surface area contributed by atoms with E-state index in [2.05, 4.69) is 16.0 Å². The van der Waals surface area contributed by atoms with Crippen LogP contribution in [0.4, 0.5) is 0 Å². The number of nitrogens with zero attached hydrogens (tertiary/aromatic N) is 2. The Balaban J connectivity index is 2.13. The molecule has 0 atom stereocenters. The zero-order valence-corrected chi connectivity index (χ0v) is 7.94. The van der Waals surface area contributed by atoms with Gasteiger partial charge >= 0.3 is 0 Å². The molecule has 0 saturated heterocycles. The number of benzene rings is 1. The molecule has 2 heterocycles. The largest absolute Gasteiger partial charge is 0.491 e. The van der Waals surface area contributed by atoms with E-state index in [1.807, 2.05) is 18.2 Å². The van der Waals surface area contributed by atoms with Gasteiger partial charge in [-0.05, 0) is 12.1 Å². The van der Waals surface area contributed by atoms with Crippen molar-refractivity contribution in [1.29, 1.82) is 0 Å². The van der Waals surface area contributed by atoms with E-state index >= 15 is 0 Å². The molecule has 72 valence electrons. The molecule has 3 rings (SSSR count). The number of aliphatic imine (C=N–C) groups is 1. The molecule has 0 aliphatic carbocycles. The number of hydrogen-bond acceptors (Lipinski definition) is 3. The molecule has 2 aliphatic heterocycles. The van der Waals surface area contributed by atoms with Crippen molar-refractivity contribution in [3.63, 3.8) is 0 Å². The molecule has 0 fully saturated rings. The van der Waals surface area contributed by atoms with Gasteiger partial charge in [-0.3, -0.25) is 4.99 Å².